The maximum absolute atomic E-state index is 13.7. The number of amides is 2. The Kier molecular flexibility index (Phi) is 10.7. The minimum Gasteiger partial charge on any atom is -0.493 e. The van der Waals surface area contributed by atoms with Crippen LogP contribution >= 0.6 is 22.6 Å². The summed E-state index contributed by atoms with van der Waals surface area (Å²) in [5, 5.41) is 32.3. The molecule has 13 heteroatoms. The van der Waals surface area contributed by atoms with E-state index in [0.717, 1.165) is 12.8 Å². The highest BCUT2D eigenvalue weighted by molar-refractivity contribution is 14.1. The summed E-state index contributed by atoms with van der Waals surface area (Å²) in [5.74, 6) is -1.58. The fourth-order valence-corrected chi connectivity index (χ4v) is 5.65. The van der Waals surface area contributed by atoms with E-state index in [9.17, 15) is 33.0 Å². The number of aliphatic hydroxyl groups is 3. The van der Waals surface area contributed by atoms with Gasteiger partial charge in [-0.05, 0) is 59.2 Å². The molecule has 2 aliphatic carbocycles. The first-order chi connectivity index (χ1) is 18.0. The van der Waals surface area contributed by atoms with Gasteiger partial charge in [-0.15, -0.1) is 0 Å². The summed E-state index contributed by atoms with van der Waals surface area (Å²) in [4.78, 5) is 26.7. The zero-order chi connectivity index (χ0) is 28.0. The number of rotatable bonds is 10. The Morgan fingerprint density at radius 1 is 1.21 bits per heavy atom. The summed E-state index contributed by atoms with van der Waals surface area (Å²) in [6.45, 7) is -2.28. The van der Waals surface area contributed by atoms with Crippen molar-refractivity contribution >= 4 is 34.4 Å². The molecule has 0 bridgehead atoms. The van der Waals surface area contributed by atoms with Gasteiger partial charge in [-0.1, -0.05) is 12.8 Å². The maximum Gasteiger partial charge on any atom is 0.406 e. The van der Waals surface area contributed by atoms with E-state index in [-0.39, 0.29) is 43.3 Å². The van der Waals surface area contributed by atoms with Crippen LogP contribution in [0.1, 0.15) is 37.7 Å². The van der Waals surface area contributed by atoms with Gasteiger partial charge < -0.3 is 35.0 Å². The Balaban J connectivity index is 2.02. The van der Waals surface area contributed by atoms with Crippen molar-refractivity contribution in [3.05, 3.63) is 32.9 Å². The quantitative estimate of drug-likeness (QED) is 0.285. The molecule has 3 atom stereocenters. The third kappa shape index (κ3) is 7.51. The molecule has 212 valence electrons. The Morgan fingerprint density at radius 2 is 1.89 bits per heavy atom. The van der Waals surface area contributed by atoms with E-state index in [1.54, 1.807) is 6.07 Å². The van der Waals surface area contributed by atoms with E-state index >= 15 is 0 Å². The minimum absolute atomic E-state index is 0.0195. The fourth-order valence-electron chi connectivity index (χ4n) is 4.85. The van der Waals surface area contributed by atoms with E-state index in [1.807, 2.05) is 22.6 Å². The largest absolute Gasteiger partial charge is 0.493 e. The second kappa shape index (κ2) is 13.3. The van der Waals surface area contributed by atoms with Gasteiger partial charge in [0.2, 0.25) is 11.8 Å². The summed E-state index contributed by atoms with van der Waals surface area (Å²) < 4.78 is 52.9. The van der Waals surface area contributed by atoms with Crippen LogP contribution in [0, 0.1) is 9.49 Å². The molecular formula is C25H32F3IN2O7. The van der Waals surface area contributed by atoms with Crippen molar-refractivity contribution in [2.75, 3.05) is 26.8 Å². The molecule has 2 aliphatic rings. The lowest BCUT2D eigenvalue weighted by Gasteiger charge is -2.41. The smallest absolute Gasteiger partial charge is 0.406 e. The third-order valence-electron chi connectivity index (χ3n) is 6.68. The molecule has 1 aromatic rings. The molecule has 9 nitrogen and oxygen atoms in total. The van der Waals surface area contributed by atoms with Crippen LogP contribution in [0.5, 0.6) is 11.5 Å². The zero-order valence-corrected chi connectivity index (χ0v) is 23.0. The molecule has 1 fully saturated rings. The first kappa shape index (κ1) is 30.4. The van der Waals surface area contributed by atoms with Gasteiger partial charge in [-0.2, -0.15) is 13.2 Å². The van der Waals surface area contributed by atoms with Gasteiger partial charge in [0.1, 0.15) is 18.8 Å². The normalized spacial score (nSPS) is 22.1. The van der Waals surface area contributed by atoms with Gasteiger partial charge in [0, 0.05) is 24.5 Å². The van der Waals surface area contributed by atoms with Crippen LogP contribution in [-0.4, -0.2) is 83.3 Å². The minimum atomic E-state index is -4.73. The monoisotopic (exact) mass is 656 g/mol. The van der Waals surface area contributed by atoms with E-state index in [1.165, 1.54) is 19.3 Å². The number of methoxy groups -OCH3 is 1. The number of hydrogen-bond donors (Lipinski definition) is 4. The predicted octanol–water partition coefficient (Wildman–Crippen LogP) is 2.29. The van der Waals surface area contributed by atoms with Crippen molar-refractivity contribution < 1.29 is 47.6 Å². The average Bonchev–Trinajstić information content (AvgIpc) is 3.42. The summed E-state index contributed by atoms with van der Waals surface area (Å²) in [6, 6.07) is 1.74. The first-order valence-corrected chi connectivity index (χ1v) is 13.4. The SMILES string of the molecule is COc1cc(CO)cc(I)c1OC1C=C(C(=O)NCCO)CC(N(CC(F)(F)F)C(=O)C2CCCC2)C1O. The number of alkyl halides is 3. The standard InChI is InChI=1S/C25H32F3IN2O7/c1-37-20-9-14(12-33)8-17(29)22(20)38-19-11-16(23(35)30-6-7-32)10-18(21(19)34)31(13-25(26,27)28)24(36)15-4-2-3-5-15/h8-9,11,15,18-19,21,32-34H,2-7,10,12-13H2,1H3,(H,30,35). The molecule has 1 saturated carbocycles. The topological polar surface area (TPSA) is 129 Å². The zero-order valence-electron chi connectivity index (χ0n) is 20.8. The van der Waals surface area contributed by atoms with Crippen LogP contribution in [0.4, 0.5) is 13.2 Å². The van der Waals surface area contributed by atoms with Crippen LogP contribution < -0.4 is 14.8 Å². The molecule has 4 N–H and O–H groups in total. The number of halogens is 4. The highest BCUT2D eigenvalue weighted by Crippen LogP contribution is 2.38. The molecule has 3 unspecified atom stereocenters. The Hall–Kier alpha value is -2.10. The van der Waals surface area contributed by atoms with E-state index in [0.29, 0.717) is 26.9 Å². The highest BCUT2D eigenvalue weighted by Gasteiger charge is 2.46. The molecule has 2 amide bonds. The second-order valence-electron chi connectivity index (χ2n) is 9.35. The van der Waals surface area contributed by atoms with Crippen LogP contribution in [0.2, 0.25) is 0 Å². The predicted molar refractivity (Wildman–Crippen MR) is 138 cm³/mol. The summed E-state index contributed by atoms with van der Waals surface area (Å²) in [5.41, 5.74) is 0.546. The van der Waals surface area contributed by atoms with E-state index < -0.39 is 48.7 Å². The maximum atomic E-state index is 13.7. The number of benzene rings is 1. The molecule has 0 aliphatic heterocycles. The molecule has 38 heavy (non-hydrogen) atoms. The molecule has 0 saturated heterocycles. The lowest BCUT2D eigenvalue weighted by molar-refractivity contribution is -0.175. The van der Waals surface area contributed by atoms with Crippen LogP contribution in [0.25, 0.3) is 0 Å². The number of nitrogens with one attached hydrogen (secondary N) is 1. The van der Waals surface area contributed by atoms with Crippen LogP contribution in [0.15, 0.2) is 23.8 Å². The number of carbonyl (C=O) groups is 2. The summed E-state index contributed by atoms with van der Waals surface area (Å²) >= 11 is 1.93. The van der Waals surface area contributed by atoms with Gasteiger partial charge in [0.05, 0.1) is 29.9 Å². The molecular weight excluding hydrogens is 624 g/mol. The second-order valence-corrected chi connectivity index (χ2v) is 10.5. The van der Waals surface area contributed by atoms with Gasteiger partial charge in [0.25, 0.3) is 0 Å². The van der Waals surface area contributed by atoms with Crippen molar-refractivity contribution in [2.45, 2.75) is 63.1 Å². The van der Waals surface area contributed by atoms with Gasteiger partial charge >= 0.3 is 6.18 Å². The van der Waals surface area contributed by atoms with Crippen molar-refractivity contribution in [3.8, 4) is 11.5 Å². The Labute approximate surface area is 232 Å². The molecule has 0 radical (unpaired) electrons. The average molecular weight is 656 g/mol. The Bertz CT molecular complexity index is 1030. The summed E-state index contributed by atoms with van der Waals surface area (Å²) in [6.07, 6.45) is -4.28. The number of carbonyl (C=O) groups excluding carboxylic acids is 2. The molecule has 3 rings (SSSR count). The number of nitrogens with zero attached hydrogens (tertiary/aromatic N) is 1. The number of ether oxygens (including phenoxy) is 2. The fraction of sp³-hybridized carbons (Fsp3) is 0.600. The molecule has 1 aromatic carbocycles. The van der Waals surface area contributed by atoms with Gasteiger partial charge in [0.15, 0.2) is 11.5 Å². The van der Waals surface area contributed by atoms with Crippen LogP contribution in [-0.2, 0) is 16.2 Å². The molecule has 0 aromatic heterocycles. The highest BCUT2D eigenvalue weighted by atomic mass is 127. The van der Waals surface area contributed by atoms with Gasteiger partial charge in [-0.3, -0.25) is 9.59 Å². The molecule has 0 heterocycles. The van der Waals surface area contributed by atoms with E-state index in [2.05, 4.69) is 5.32 Å². The number of aliphatic hydroxyl groups excluding tert-OH is 3. The van der Waals surface area contributed by atoms with Crippen molar-refractivity contribution in [1.29, 1.82) is 0 Å². The lowest BCUT2D eigenvalue weighted by Crippen LogP contribution is -2.58. The van der Waals surface area contributed by atoms with Crippen molar-refractivity contribution in [1.82, 2.24) is 10.2 Å². The van der Waals surface area contributed by atoms with Crippen molar-refractivity contribution in [3.63, 3.8) is 0 Å². The van der Waals surface area contributed by atoms with Gasteiger partial charge in [-0.25, -0.2) is 0 Å². The van der Waals surface area contributed by atoms with Crippen LogP contribution in [0.3, 0.4) is 0 Å². The number of hydrogen-bond acceptors (Lipinski definition) is 7. The Morgan fingerprint density at radius 3 is 2.47 bits per heavy atom. The lowest BCUT2D eigenvalue weighted by atomic mass is 9.87. The third-order valence-corrected chi connectivity index (χ3v) is 7.48. The molecule has 0 spiro atoms. The first-order valence-electron chi connectivity index (χ1n) is 12.3. The van der Waals surface area contributed by atoms with Crippen molar-refractivity contribution in [2.24, 2.45) is 5.92 Å². The van der Waals surface area contributed by atoms with E-state index in [4.69, 9.17) is 14.6 Å². The summed E-state index contributed by atoms with van der Waals surface area (Å²) in [7, 11) is 1.37.